The van der Waals surface area contributed by atoms with Gasteiger partial charge >= 0.3 is 0 Å². The van der Waals surface area contributed by atoms with Crippen molar-refractivity contribution in [2.24, 2.45) is 0 Å². The largest absolute Gasteiger partial charge is 0.370 e. The fourth-order valence-electron chi connectivity index (χ4n) is 2.35. The number of nitrogens with zero attached hydrogens (tertiary/aromatic N) is 2. The van der Waals surface area contributed by atoms with Crippen LogP contribution in [0.2, 0.25) is 0 Å². The lowest BCUT2D eigenvalue weighted by atomic mass is 10.1. The van der Waals surface area contributed by atoms with E-state index in [0.717, 1.165) is 24.5 Å². The summed E-state index contributed by atoms with van der Waals surface area (Å²) in [6, 6.07) is 20.4. The van der Waals surface area contributed by atoms with Crippen LogP contribution in [0.3, 0.4) is 0 Å². The minimum Gasteiger partial charge on any atom is -0.370 e. The fraction of sp³-hybridized carbons (Fsp3) is 0.158. The molecule has 0 aliphatic heterocycles. The third-order valence-corrected chi connectivity index (χ3v) is 3.49. The zero-order valence-corrected chi connectivity index (χ0v) is 13.2. The standard InChI is InChI=1S/C19H20N4/c1-15-6-5-9-17(14-15)22-19-21-13-11-18(23-19)20-12-10-16-7-3-2-4-8-16/h2-9,11,13-14H,10,12H2,1H3,(H2,20,21,22,23). The third kappa shape index (κ3) is 4.54. The van der Waals surface area contributed by atoms with Gasteiger partial charge in [0.1, 0.15) is 5.82 Å². The molecule has 1 heterocycles. The maximum atomic E-state index is 4.50. The molecule has 3 aromatic rings. The van der Waals surface area contributed by atoms with Crippen molar-refractivity contribution >= 4 is 17.5 Å². The number of hydrogen-bond donors (Lipinski definition) is 2. The summed E-state index contributed by atoms with van der Waals surface area (Å²) in [7, 11) is 0. The zero-order valence-electron chi connectivity index (χ0n) is 13.2. The molecule has 3 rings (SSSR count). The second-order valence-corrected chi connectivity index (χ2v) is 5.42. The van der Waals surface area contributed by atoms with Gasteiger partial charge in [-0.25, -0.2) is 4.98 Å². The van der Waals surface area contributed by atoms with E-state index in [1.807, 2.05) is 24.3 Å². The monoisotopic (exact) mass is 304 g/mol. The van der Waals surface area contributed by atoms with Crippen LogP contribution in [0.4, 0.5) is 17.5 Å². The minimum atomic E-state index is 0.598. The maximum absolute atomic E-state index is 4.50. The van der Waals surface area contributed by atoms with Crippen LogP contribution in [0.15, 0.2) is 66.9 Å². The highest BCUT2D eigenvalue weighted by atomic mass is 15.1. The summed E-state index contributed by atoms with van der Waals surface area (Å²) >= 11 is 0. The van der Waals surface area contributed by atoms with E-state index in [9.17, 15) is 0 Å². The van der Waals surface area contributed by atoms with Crippen molar-refractivity contribution in [3.05, 3.63) is 78.0 Å². The first kappa shape index (κ1) is 15.0. The van der Waals surface area contributed by atoms with Crippen LogP contribution in [0, 0.1) is 6.92 Å². The van der Waals surface area contributed by atoms with E-state index in [1.54, 1.807) is 6.20 Å². The maximum Gasteiger partial charge on any atom is 0.229 e. The van der Waals surface area contributed by atoms with Crippen molar-refractivity contribution in [3.8, 4) is 0 Å². The predicted octanol–water partition coefficient (Wildman–Crippen LogP) is 4.18. The molecule has 0 atom stereocenters. The number of aryl methyl sites for hydroxylation is 1. The molecular weight excluding hydrogens is 284 g/mol. The molecule has 23 heavy (non-hydrogen) atoms. The molecule has 0 aliphatic rings. The first-order chi connectivity index (χ1) is 11.3. The molecule has 0 amide bonds. The van der Waals surface area contributed by atoms with E-state index < -0.39 is 0 Å². The molecule has 0 aliphatic carbocycles. The average Bonchev–Trinajstić information content (AvgIpc) is 2.56. The Morgan fingerprint density at radius 3 is 2.65 bits per heavy atom. The van der Waals surface area contributed by atoms with Gasteiger partial charge in [-0.2, -0.15) is 4.98 Å². The van der Waals surface area contributed by atoms with E-state index in [-0.39, 0.29) is 0 Å². The van der Waals surface area contributed by atoms with Crippen LogP contribution in [-0.2, 0) is 6.42 Å². The highest BCUT2D eigenvalue weighted by Crippen LogP contribution is 2.15. The van der Waals surface area contributed by atoms with Crippen LogP contribution < -0.4 is 10.6 Å². The van der Waals surface area contributed by atoms with Gasteiger partial charge in [-0.05, 0) is 42.7 Å². The lowest BCUT2D eigenvalue weighted by molar-refractivity contribution is 1.00. The summed E-state index contributed by atoms with van der Waals surface area (Å²) in [4.78, 5) is 8.76. The average molecular weight is 304 g/mol. The Kier molecular flexibility index (Phi) is 4.84. The number of anilines is 3. The van der Waals surface area contributed by atoms with Crippen molar-refractivity contribution in [1.29, 1.82) is 0 Å². The highest BCUT2D eigenvalue weighted by Gasteiger charge is 2.00. The van der Waals surface area contributed by atoms with Crippen LogP contribution in [0.5, 0.6) is 0 Å². The fourth-order valence-corrected chi connectivity index (χ4v) is 2.35. The van der Waals surface area contributed by atoms with Gasteiger partial charge in [0.15, 0.2) is 0 Å². The lowest BCUT2D eigenvalue weighted by Gasteiger charge is -2.09. The molecular formula is C19H20N4. The van der Waals surface area contributed by atoms with Gasteiger partial charge in [-0.15, -0.1) is 0 Å². The van der Waals surface area contributed by atoms with Crippen molar-refractivity contribution in [2.45, 2.75) is 13.3 Å². The molecule has 2 N–H and O–H groups in total. The SMILES string of the molecule is Cc1cccc(Nc2nccc(NCCc3ccccc3)n2)c1. The van der Waals surface area contributed by atoms with Crippen molar-refractivity contribution < 1.29 is 0 Å². The van der Waals surface area contributed by atoms with Gasteiger partial charge in [-0.3, -0.25) is 0 Å². The lowest BCUT2D eigenvalue weighted by Crippen LogP contribution is -2.07. The van der Waals surface area contributed by atoms with E-state index in [2.05, 4.69) is 63.9 Å². The van der Waals surface area contributed by atoms with Crippen molar-refractivity contribution in [2.75, 3.05) is 17.2 Å². The van der Waals surface area contributed by atoms with Crippen LogP contribution in [0.25, 0.3) is 0 Å². The van der Waals surface area contributed by atoms with Gasteiger partial charge in [-0.1, -0.05) is 42.5 Å². The smallest absolute Gasteiger partial charge is 0.229 e. The number of aromatic nitrogens is 2. The van der Waals surface area contributed by atoms with Crippen LogP contribution in [-0.4, -0.2) is 16.5 Å². The molecule has 0 fully saturated rings. The molecule has 0 saturated heterocycles. The van der Waals surface area contributed by atoms with Crippen LogP contribution in [0.1, 0.15) is 11.1 Å². The Labute approximate surface area is 136 Å². The molecule has 0 radical (unpaired) electrons. The Morgan fingerprint density at radius 1 is 0.957 bits per heavy atom. The van der Waals surface area contributed by atoms with Gasteiger partial charge in [0, 0.05) is 18.4 Å². The highest BCUT2D eigenvalue weighted by molar-refractivity contribution is 5.55. The Bertz CT molecular complexity index is 756. The van der Waals surface area contributed by atoms with Gasteiger partial charge < -0.3 is 10.6 Å². The molecule has 0 saturated carbocycles. The quantitative estimate of drug-likeness (QED) is 0.717. The summed E-state index contributed by atoms with van der Waals surface area (Å²) < 4.78 is 0. The number of rotatable bonds is 6. The molecule has 116 valence electrons. The van der Waals surface area contributed by atoms with Crippen LogP contribution >= 0.6 is 0 Å². The third-order valence-electron chi connectivity index (χ3n) is 3.49. The summed E-state index contributed by atoms with van der Waals surface area (Å²) in [5.41, 5.74) is 3.51. The molecule has 4 nitrogen and oxygen atoms in total. The van der Waals surface area contributed by atoms with E-state index >= 15 is 0 Å². The van der Waals surface area contributed by atoms with E-state index in [4.69, 9.17) is 0 Å². The first-order valence-electron chi connectivity index (χ1n) is 7.74. The number of benzene rings is 2. The molecule has 2 aromatic carbocycles. The second-order valence-electron chi connectivity index (χ2n) is 5.42. The number of nitrogens with one attached hydrogen (secondary N) is 2. The van der Waals surface area contributed by atoms with E-state index in [0.29, 0.717) is 5.95 Å². The second kappa shape index (κ2) is 7.40. The minimum absolute atomic E-state index is 0.598. The molecule has 4 heteroatoms. The topological polar surface area (TPSA) is 49.8 Å². The Morgan fingerprint density at radius 2 is 1.83 bits per heavy atom. The van der Waals surface area contributed by atoms with Gasteiger partial charge in [0.2, 0.25) is 5.95 Å². The molecule has 0 spiro atoms. The first-order valence-corrected chi connectivity index (χ1v) is 7.74. The molecule has 0 bridgehead atoms. The Hall–Kier alpha value is -2.88. The van der Waals surface area contributed by atoms with Gasteiger partial charge in [0.05, 0.1) is 0 Å². The summed E-state index contributed by atoms with van der Waals surface area (Å²) in [6.07, 6.45) is 2.72. The van der Waals surface area contributed by atoms with Gasteiger partial charge in [0.25, 0.3) is 0 Å². The van der Waals surface area contributed by atoms with Crippen molar-refractivity contribution in [3.63, 3.8) is 0 Å². The summed E-state index contributed by atoms with van der Waals surface area (Å²) in [5, 5.41) is 6.57. The molecule has 1 aromatic heterocycles. The normalized spacial score (nSPS) is 10.3. The van der Waals surface area contributed by atoms with Crippen molar-refractivity contribution in [1.82, 2.24) is 9.97 Å². The predicted molar refractivity (Wildman–Crippen MR) is 95.1 cm³/mol. The zero-order chi connectivity index (χ0) is 15.9. The molecule has 0 unspecified atom stereocenters. The number of hydrogen-bond acceptors (Lipinski definition) is 4. The summed E-state index contributed by atoms with van der Waals surface area (Å²) in [5.74, 6) is 1.42. The summed E-state index contributed by atoms with van der Waals surface area (Å²) in [6.45, 7) is 2.90. The Balaban J connectivity index is 1.59. The van der Waals surface area contributed by atoms with E-state index in [1.165, 1.54) is 11.1 Å².